The molecule has 0 radical (unpaired) electrons. The van der Waals surface area contributed by atoms with E-state index in [1.165, 1.54) is 0 Å². The molecule has 2 fully saturated rings. The first-order valence-corrected chi connectivity index (χ1v) is 9.00. The Morgan fingerprint density at radius 1 is 1.20 bits per heavy atom. The van der Waals surface area contributed by atoms with Gasteiger partial charge in [-0.05, 0) is 64.5 Å². The van der Waals surface area contributed by atoms with Crippen molar-refractivity contribution in [3.63, 3.8) is 0 Å². The zero-order valence-corrected chi connectivity index (χ0v) is 14.6. The first-order valence-electron chi connectivity index (χ1n) is 9.00. The van der Waals surface area contributed by atoms with Gasteiger partial charge < -0.3 is 9.42 Å². The van der Waals surface area contributed by atoms with E-state index in [0.29, 0.717) is 24.8 Å². The Balaban J connectivity index is 1.50. The molecular weight excluding hydrogens is 321 g/mol. The van der Waals surface area contributed by atoms with Crippen LogP contribution in [0, 0.1) is 0 Å². The quantitative estimate of drug-likeness (QED) is 0.852. The van der Waals surface area contributed by atoms with Crippen LogP contribution in [0.4, 0.5) is 4.39 Å². The molecule has 1 unspecified atom stereocenters. The molecular formula is C18H24FN5O. The summed E-state index contributed by atoms with van der Waals surface area (Å²) in [6, 6.07) is 4.05. The fraction of sp³-hybridized carbons (Fsp3) is 0.611. The van der Waals surface area contributed by atoms with Gasteiger partial charge in [0.2, 0.25) is 11.5 Å². The molecule has 6 nitrogen and oxygen atoms in total. The summed E-state index contributed by atoms with van der Waals surface area (Å²) in [4.78, 5) is 12.9. The van der Waals surface area contributed by atoms with Crippen molar-refractivity contribution in [3.8, 4) is 11.4 Å². The van der Waals surface area contributed by atoms with Crippen LogP contribution in [-0.4, -0.2) is 64.2 Å². The normalized spacial score (nSPS) is 26.8. The molecule has 4 rings (SSSR count). The van der Waals surface area contributed by atoms with Crippen molar-refractivity contribution in [2.75, 3.05) is 33.2 Å². The van der Waals surface area contributed by atoms with Crippen molar-refractivity contribution in [1.29, 1.82) is 0 Å². The fourth-order valence-corrected chi connectivity index (χ4v) is 3.91. The van der Waals surface area contributed by atoms with Crippen LogP contribution in [0.2, 0.25) is 0 Å². The van der Waals surface area contributed by atoms with Gasteiger partial charge in [0.05, 0.1) is 0 Å². The molecule has 134 valence electrons. The monoisotopic (exact) mass is 345 g/mol. The molecule has 0 spiro atoms. The molecule has 2 aliphatic rings. The molecule has 0 amide bonds. The highest BCUT2D eigenvalue weighted by atomic mass is 19.1. The molecule has 4 heterocycles. The second-order valence-corrected chi connectivity index (χ2v) is 7.23. The lowest BCUT2D eigenvalue weighted by Gasteiger charge is -2.42. The van der Waals surface area contributed by atoms with Gasteiger partial charge >= 0.3 is 0 Å². The maximum Gasteiger partial charge on any atom is 0.265 e. The minimum absolute atomic E-state index is 0.108. The van der Waals surface area contributed by atoms with Crippen LogP contribution in [0.3, 0.4) is 0 Å². The number of hydrogen-bond donors (Lipinski definition) is 0. The number of hydrogen-bond acceptors (Lipinski definition) is 6. The van der Waals surface area contributed by atoms with Crippen LogP contribution in [0.15, 0.2) is 29.0 Å². The summed E-state index contributed by atoms with van der Waals surface area (Å²) in [7, 11) is 2.14. The van der Waals surface area contributed by atoms with Crippen molar-refractivity contribution in [3.05, 3.63) is 30.4 Å². The number of halogens is 1. The van der Waals surface area contributed by atoms with E-state index >= 15 is 4.39 Å². The Kier molecular flexibility index (Phi) is 4.52. The summed E-state index contributed by atoms with van der Waals surface area (Å²) in [6.45, 7) is 3.45. The molecule has 1 atom stereocenters. The Labute approximate surface area is 147 Å². The number of aromatic nitrogens is 3. The van der Waals surface area contributed by atoms with Gasteiger partial charge in [0.15, 0.2) is 0 Å². The second-order valence-electron chi connectivity index (χ2n) is 7.23. The molecule has 2 aromatic heterocycles. The molecule has 0 bridgehead atoms. The second kappa shape index (κ2) is 6.80. The Bertz CT molecular complexity index is 701. The van der Waals surface area contributed by atoms with Crippen LogP contribution >= 0.6 is 0 Å². The van der Waals surface area contributed by atoms with Crippen LogP contribution in [0.25, 0.3) is 11.4 Å². The van der Waals surface area contributed by atoms with Gasteiger partial charge in [-0.2, -0.15) is 4.98 Å². The van der Waals surface area contributed by atoms with Crippen LogP contribution in [-0.2, 0) is 5.67 Å². The molecule has 25 heavy (non-hydrogen) atoms. The van der Waals surface area contributed by atoms with Crippen LogP contribution in [0.1, 0.15) is 31.6 Å². The largest absolute Gasteiger partial charge is 0.335 e. The minimum atomic E-state index is -1.56. The average molecular weight is 345 g/mol. The predicted molar refractivity (Wildman–Crippen MR) is 91.6 cm³/mol. The number of rotatable bonds is 3. The van der Waals surface area contributed by atoms with E-state index < -0.39 is 5.67 Å². The van der Waals surface area contributed by atoms with E-state index in [0.717, 1.165) is 44.5 Å². The summed E-state index contributed by atoms with van der Waals surface area (Å²) in [6.07, 6.45) is 6.78. The summed E-state index contributed by atoms with van der Waals surface area (Å²) in [5.74, 6) is 0.530. The lowest BCUT2D eigenvalue weighted by Crippen LogP contribution is -2.51. The fourth-order valence-electron chi connectivity index (χ4n) is 3.91. The highest BCUT2D eigenvalue weighted by molar-refractivity contribution is 5.52. The number of piperidine rings is 2. The Morgan fingerprint density at radius 3 is 2.72 bits per heavy atom. The number of nitrogens with zero attached hydrogens (tertiary/aromatic N) is 5. The van der Waals surface area contributed by atoms with E-state index in [-0.39, 0.29) is 5.89 Å². The van der Waals surface area contributed by atoms with E-state index in [1.807, 2.05) is 0 Å². The van der Waals surface area contributed by atoms with Crippen molar-refractivity contribution in [2.24, 2.45) is 0 Å². The standard InChI is InChI=1S/C18H24FN5O/c1-23-11-5-15(6-12-23)24-10-2-7-18(19,13-24)17-21-16(22-25-17)14-3-8-20-9-4-14/h3-4,8-9,15H,2,5-7,10-13H2,1H3. The maximum absolute atomic E-state index is 15.7. The molecule has 2 aliphatic heterocycles. The van der Waals surface area contributed by atoms with Crippen LogP contribution < -0.4 is 0 Å². The van der Waals surface area contributed by atoms with E-state index in [4.69, 9.17) is 4.52 Å². The SMILES string of the molecule is CN1CCC(N2CCCC(F)(c3nc(-c4ccncc4)no3)C2)CC1. The zero-order valence-electron chi connectivity index (χ0n) is 14.6. The maximum atomic E-state index is 15.7. The van der Waals surface area contributed by atoms with Crippen molar-refractivity contribution < 1.29 is 8.91 Å². The topological polar surface area (TPSA) is 58.3 Å². The van der Waals surface area contributed by atoms with Crippen LogP contribution in [0.5, 0.6) is 0 Å². The lowest BCUT2D eigenvalue weighted by atomic mass is 9.91. The third-order valence-electron chi connectivity index (χ3n) is 5.42. The average Bonchev–Trinajstić information content (AvgIpc) is 3.14. The van der Waals surface area contributed by atoms with E-state index in [1.54, 1.807) is 24.5 Å². The molecule has 0 N–H and O–H groups in total. The van der Waals surface area contributed by atoms with Crippen molar-refractivity contribution >= 4 is 0 Å². The van der Waals surface area contributed by atoms with Gasteiger partial charge in [-0.3, -0.25) is 9.88 Å². The highest BCUT2D eigenvalue weighted by Crippen LogP contribution is 2.37. The van der Waals surface area contributed by atoms with Crippen molar-refractivity contribution in [1.82, 2.24) is 24.9 Å². The zero-order chi connectivity index (χ0) is 17.3. The van der Waals surface area contributed by atoms with E-state index in [9.17, 15) is 0 Å². The summed E-state index contributed by atoms with van der Waals surface area (Å²) < 4.78 is 21.0. The first kappa shape index (κ1) is 16.6. The van der Waals surface area contributed by atoms with Gasteiger partial charge in [0.1, 0.15) is 0 Å². The van der Waals surface area contributed by atoms with Gasteiger partial charge in [-0.1, -0.05) is 5.16 Å². The third kappa shape index (κ3) is 3.43. The van der Waals surface area contributed by atoms with E-state index in [2.05, 4.69) is 32.0 Å². The van der Waals surface area contributed by atoms with Gasteiger partial charge in [-0.25, -0.2) is 4.39 Å². The number of likely N-dealkylation sites (tertiary alicyclic amines) is 2. The highest BCUT2D eigenvalue weighted by Gasteiger charge is 2.44. The Morgan fingerprint density at radius 2 is 1.96 bits per heavy atom. The summed E-state index contributed by atoms with van der Waals surface area (Å²) in [5.41, 5.74) is -0.767. The lowest BCUT2D eigenvalue weighted by molar-refractivity contribution is -0.0143. The number of pyridine rings is 1. The minimum Gasteiger partial charge on any atom is -0.335 e. The summed E-state index contributed by atoms with van der Waals surface area (Å²) in [5, 5.41) is 3.98. The first-order chi connectivity index (χ1) is 12.1. The third-order valence-corrected chi connectivity index (χ3v) is 5.42. The van der Waals surface area contributed by atoms with Gasteiger partial charge in [0.25, 0.3) is 5.89 Å². The molecule has 0 aliphatic carbocycles. The van der Waals surface area contributed by atoms with Gasteiger partial charge in [-0.15, -0.1) is 0 Å². The molecule has 2 saturated heterocycles. The van der Waals surface area contributed by atoms with Crippen molar-refractivity contribution in [2.45, 2.75) is 37.4 Å². The smallest absolute Gasteiger partial charge is 0.265 e. The molecule has 2 aromatic rings. The predicted octanol–water partition coefficient (Wildman–Crippen LogP) is 2.49. The molecule has 0 saturated carbocycles. The number of alkyl halides is 1. The summed E-state index contributed by atoms with van der Waals surface area (Å²) >= 11 is 0. The van der Waals surface area contributed by atoms with Gasteiger partial charge in [0, 0.05) is 30.5 Å². The molecule has 0 aromatic carbocycles. The molecule has 7 heteroatoms. The Hall–Kier alpha value is -1.86.